The molecule has 3 aromatic rings. The minimum Gasteiger partial charge on any atom is -0.496 e. The highest BCUT2D eigenvalue weighted by atomic mass is 16.6. The fourth-order valence-electron chi connectivity index (χ4n) is 4.48. The van der Waals surface area contributed by atoms with Gasteiger partial charge in [0.05, 0.1) is 7.11 Å². The highest BCUT2D eigenvalue weighted by molar-refractivity contribution is 6.04. The van der Waals surface area contributed by atoms with Crippen LogP contribution in [0.15, 0.2) is 72.8 Å². The van der Waals surface area contributed by atoms with Crippen molar-refractivity contribution in [2.24, 2.45) is 0 Å². The molecule has 0 saturated carbocycles. The second-order valence-electron chi connectivity index (χ2n) is 10.1. The normalized spacial score (nSPS) is 14.3. The van der Waals surface area contributed by atoms with Gasteiger partial charge in [0, 0.05) is 24.3 Å². The zero-order valence-electron chi connectivity index (χ0n) is 21.4. The molecule has 0 radical (unpaired) electrons. The molecular formula is C30H34N2O4. The minimum atomic E-state index is -0.508. The number of likely N-dealkylation sites (tertiary alicyclic amines) is 1. The van der Waals surface area contributed by atoms with Crippen molar-refractivity contribution in [3.63, 3.8) is 0 Å². The van der Waals surface area contributed by atoms with E-state index in [-0.39, 0.29) is 17.9 Å². The third-order valence-electron chi connectivity index (χ3n) is 6.33. The van der Waals surface area contributed by atoms with Crippen molar-refractivity contribution in [2.45, 2.75) is 45.1 Å². The smallest absolute Gasteiger partial charge is 0.410 e. The summed E-state index contributed by atoms with van der Waals surface area (Å²) in [4.78, 5) is 27.1. The van der Waals surface area contributed by atoms with Crippen LogP contribution in [0.3, 0.4) is 0 Å². The summed E-state index contributed by atoms with van der Waals surface area (Å²) < 4.78 is 11.1. The van der Waals surface area contributed by atoms with E-state index in [9.17, 15) is 9.59 Å². The molecule has 6 heteroatoms. The second kappa shape index (κ2) is 10.9. The first kappa shape index (κ1) is 25.3. The molecule has 0 atom stereocenters. The molecule has 4 rings (SSSR count). The van der Waals surface area contributed by atoms with E-state index in [1.165, 1.54) is 0 Å². The van der Waals surface area contributed by atoms with Crippen molar-refractivity contribution in [3.05, 3.63) is 83.9 Å². The summed E-state index contributed by atoms with van der Waals surface area (Å²) in [6.07, 6.45) is 1.33. The van der Waals surface area contributed by atoms with Crippen molar-refractivity contribution in [1.82, 2.24) is 4.90 Å². The Morgan fingerprint density at radius 3 is 2.14 bits per heavy atom. The van der Waals surface area contributed by atoms with Crippen molar-refractivity contribution in [1.29, 1.82) is 0 Å². The van der Waals surface area contributed by atoms with E-state index in [2.05, 4.69) is 5.32 Å². The standard InChI is InChI=1S/C30H34N2O4/c1-30(2,3)36-29(34)32-18-16-23(17-19-32)26-20-25(14-15-27(26)35-4)31-28(33)24-12-10-22(11-13-24)21-8-6-5-7-9-21/h5-15,20,23H,16-19H2,1-4H3,(H,31,33). The van der Waals surface area contributed by atoms with Crippen LogP contribution in [0.25, 0.3) is 11.1 Å². The Hall–Kier alpha value is -3.80. The highest BCUT2D eigenvalue weighted by Crippen LogP contribution is 2.36. The first-order chi connectivity index (χ1) is 17.2. The van der Waals surface area contributed by atoms with Gasteiger partial charge >= 0.3 is 6.09 Å². The number of nitrogens with one attached hydrogen (secondary N) is 1. The number of piperidine rings is 1. The molecule has 1 N–H and O–H groups in total. The van der Waals surface area contributed by atoms with Gasteiger partial charge in [-0.15, -0.1) is 0 Å². The zero-order valence-corrected chi connectivity index (χ0v) is 21.4. The van der Waals surface area contributed by atoms with E-state index in [4.69, 9.17) is 9.47 Å². The minimum absolute atomic E-state index is 0.162. The zero-order chi connectivity index (χ0) is 25.7. The maximum Gasteiger partial charge on any atom is 0.410 e. The first-order valence-corrected chi connectivity index (χ1v) is 12.4. The van der Waals surface area contributed by atoms with Gasteiger partial charge in [-0.25, -0.2) is 4.79 Å². The lowest BCUT2D eigenvalue weighted by molar-refractivity contribution is 0.0204. The topological polar surface area (TPSA) is 67.9 Å². The summed E-state index contributed by atoms with van der Waals surface area (Å²) in [5, 5.41) is 3.02. The number of benzene rings is 3. The molecule has 1 aliphatic heterocycles. The van der Waals surface area contributed by atoms with Crippen molar-refractivity contribution < 1.29 is 19.1 Å². The molecule has 6 nitrogen and oxygen atoms in total. The van der Waals surface area contributed by atoms with Gasteiger partial charge < -0.3 is 19.7 Å². The van der Waals surface area contributed by atoms with E-state index in [0.717, 1.165) is 41.0 Å². The summed E-state index contributed by atoms with van der Waals surface area (Å²) in [5.41, 5.74) is 4.03. The number of hydrogen-bond acceptors (Lipinski definition) is 4. The molecule has 0 unspecified atom stereocenters. The largest absolute Gasteiger partial charge is 0.496 e. The molecule has 1 fully saturated rings. The number of anilines is 1. The van der Waals surface area contributed by atoms with Crippen LogP contribution in [0, 0.1) is 0 Å². The van der Waals surface area contributed by atoms with Crippen LogP contribution in [0.2, 0.25) is 0 Å². The average molecular weight is 487 g/mol. The van der Waals surface area contributed by atoms with E-state index in [0.29, 0.717) is 18.7 Å². The highest BCUT2D eigenvalue weighted by Gasteiger charge is 2.29. The van der Waals surface area contributed by atoms with Crippen molar-refractivity contribution in [3.8, 4) is 16.9 Å². The number of carbonyl (C=O) groups is 2. The lowest BCUT2D eigenvalue weighted by atomic mass is 9.88. The number of carbonyl (C=O) groups excluding carboxylic acids is 2. The summed E-state index contributed by atoms with van der Waals surface area (Å²) in [7, 11) is 1.65. The molecule has 0 spiro atoms. The molecule has 2 amide bonds. The third kappa shape index (κ3) is 6.25. The molecular weight excluding hydrogens is 452 g/mol. The van der Waals surface area contributed by atoms with Crippen LogP contribution >= 0.6 is 0 Å². The van der Waals surface area contributed by atoms with Crippen LogP contribution in [0.5, 0.6) is 5.75 Å². The molecule has 0 aliphatic carbocycles. The Balaban J connectivity index is 1.43. The summed E-state index contributed by atoms with van der Waals surface area (Å²) in [6, 6.07) is 23.4. The van der Waals surface area contributed by atoms with Gasteiger partial charge in [-0.1, -0.05) is 42.5 Å². The molecule has 1 aliphatic rings. The Morgan fingerprint density at radius 2 is 1.53 bits per heavy atom. The number of hydrogen-bond donors (Lipinski definition) is 1. The van der Waals surface area contributed by atoms with Gasteiger partial charge in [-0.05, 0) is 86.6 Å². The number of methoxy groups -OCH3 is 1. The van der Waals surface area contributed by atoms with Gasteiger partial charge in [0.1, 0.15) is 11.4 Å². The number of amides is 2. The fraction of sp³-hybridized carbons (Fsp3) is 0.333. The molecule has 1 heterocycles. The predicted molar refractivity (Wildman–Crippen MR) is 143 cm³/mol. The quantitative estimate of drug-likeness (QED) is 0.434. The SMILES string of the molecule is COc1ccc(NC(=O)c2ccc(-c3ccccc3)cc2)cc1C1CCN(C(=O)OC(C)(C)C)CC1. The van der Waals surface area contributed by atoms with Crippen LogP contribution in [-0.4, -0.2) is 42.7 Å². The second-order valence-corrected chi connectivity index (χ2v) is 10.1. The molecule has 36 heavy (non-hydrogen) atoms. The number of ether oxygens (including phenoxy) is 2. The van der Waals surface area contributed by atoms with Crippen LogP contribution in [0.4, 0.5) is 10.5 Å². The fourth-order valence-corrected chi connectivity index (χ4v) is 4.48. The molecule has 1 saturated heterocycles. The summed E-state index contributed by atoms with van der Waals surface area (Å²) in [6.45, 7) is 6.86. The maximum absolute atomic E-state index is 12.9. The van der Waals surface area contributed by atoms with Gasteiger partial charge in [-0.3, -0.25) is 4.79 Å². The molecule has 188 valence electrons. The Labute approximate surface area is 213 Å². The van der Waals surface area contributed by atoms with Crippen LogP contribution in [0.1, 0.15) is 55.5 Å². The van der Waals surface area contributed by atoms with E-state index in [1.54, 1.807) is 12.0 Å². The lowest BCUT2D eigenvalue weighted by Gasteiger charge is -2.34. The molecule has 0 aromatic heterocycles. The predicted octanol–water partition coefficient (Wildman–Crippen LogP) is 6.73. The van der Waals surface area contributed by atoms with E-state index < -0.39 is 5.60 Å². The summed E-state index contributed by atoms with van der Waals surface area (Å²) >= 11 is 0. The number of rotatable bonds is 5. The first-order valence-electron chi connectivity index (χ1n) is 12.4. The maximum atomic E-state index is 12.9. The van der Waals surface area contributed by atoms with Crippen molar-refractivity contribution in [2.75, 3.05) is 25.5 Å². The summed E-state index contributed by atoms with van der Waals surface area (Å²) in [5.74, 6) is 0.849. The van der Waals surface area contributed by atoms with Gasteiger partial charge in [0.25, 0.3) is 5.91 Å². The van der Waals surface area contributed by atoms with E-state index >= 15 is 0 Å². The van der Waals surface area contributed by atoms with Gasteiger partial charge in [0.15, 0.2) is 0 Å². The third-order valence-corrected chi connectivity index (χ3v) is 6.33. The average Bonchev–Trinajstić information content (AvgIpc) is 2.88. The Morgan fingerprint density at radius 1 is 0.889 bits per heavy atom. The van der Waals surface area contributed by atoms with Crippen molar-refractivity contribution >= 4 is 17.7 Å². The monoisotopic (exact) mass is 486 g/mol. The van der Waals surface area contributed by atoms with Crippen LogP contribution in [-0.2, 0) is 4.74 Å². The van der Waals surface area contributed by atoms with E-state index in [1.807, 2.05) is 93.6 Å². The Kier molecular flexibility index (Phi) is 7.63. The molecule has 3 aromatic carbocycles. The molecule has 0 bridgehead atoms. The lowest BCUT2D eigenvalue weighted by Crippen LogP contribution is -2.41. The Bertz CT molecular complexity index is 1190. The van der Waals surface area contributed by atoms with Gasteiger partial charge in [0.2, 0.25) is 0 Å². The number of nitrogens with zero attached hydrogens (tertiary/aromatic N) is 1. The van der Waals surface area contributed by atoms with Crippen LogP contribution < -0.4 is 10.1 Å². The van der Waals surface area contributed by atoms with Gasteiger partial charge in [-0.2, -0.15) is 0 Å².